The first-order chi connectivity index (χ1) is 13.8. The van der Waals surface area contributed by atoms with E-state index in [0.717, 1.165) is 31.7 Å². The molecule has 2 aromatic carbocycles. The van der Waals surface area contributed by atoms with E-state index < -0.39 is 26.8 Å². The maximum absolute atomic E-state index is 13.8. The van der Waals surface area contributed by atoms with Gasteiger partial charge in [0.1, 0.15) is 10.7 Å². The van der Waals surface area contributed by atoms with Crippen LogP contribution in [0.2, 0.25) is 0 Å². The number of hydrogen-bond donors (Lipinski definition) is 1. The van der Waals surface area contributed by atoms with Crippen molar-refractivity contribution in [2.75, 3.05) is 7.05 Å². The van der Waals surface area contributed by atoms with Gasteiger partial charge in [-0.2, -0.15) is 4.72 Å². The zero-order valence-electron chi connectivity index (χ0n) is 16.7. The number of carbonyl (C=O) groups is 1. The molecule has 0 aromatic heterocycles. The van der Waals surface area contributed by atoms with Gasteiger partial charge in [0.05, 0.1) is 6.04 Å². The molecule has 3 rings (SSSR count). The topological polar surface area (TPSA) is 66.5 Å². The SMILES string of the molecule is C[C@H](NS(=O)(=O)c1ccccc1F)C(=O)N(C)C1CCC(c2ccccc2)CC1. The number of nitrogens with one attached hydrogen (secondary N) is 1. The molecule has 7 heteroatoms. The number of amides is 1. The Morgan fingerprint density at radius 2 is 1.62 bits per heavy atom. The summed E-state index contributed by atoms with van der Waals surface area (Å²) >= 11 is 0. The third kappa shape index (κ3) is 5.03. The number of nitrogens with zero attached hydrogens (tertiary/aromatic N) is 1. The fourth-order valence-corrected chi connectivity index (χ4v) is 5.29. The number of likely N-dealkylation sites (N-methyl/N-ethyl adjacent to an activating group) is 1. The number of hydrogen-bond acceptors (Lipinski definition) is 3. The predicted octanol–water partition coefficient (Wildman–Crippen LogP) is 3.68. The molecule has 0 aliphatic heterocycles. The van der Waals surface area contributed by atoms with Crippen molar-refractivity contribution in [3.63, 3.8) is 0 Å². The molecule has 1 fully saturated rings. The lowest BCUT2D eigenvalue weighted by atomic mass is 9.81. The summed E-state index contributed by atoms with van der Waals surface area (Å²) in [5.74, 6) is -0.659. The molecule has 0 spiro atoms. The largest absolute Gasteiger partial charge is 0.341 e. The van der Waals surface area contributed by atoms with Crippen LogP contribution in [0.3, 0.4) is 0 Å². The first kappa shape index (κ1) is 21.5. The van der Waals surface area contributed by atoms with Crippen LogP contribution in [0.4, 0.5) is 4.39 Å². The van der Waals surface area contributed by atoms with Gasteiger partial charge < -0.3 is 4.90 Å². The minimum Gasteiger partial charge on any atom is -0.341 e. The van der Waals surface area contributed by atoms with Crippen molar-refractivity contribution >= 4 is 15.9 Å². The van der Waals surface area contributed by atoms with E-state index in [0.29, 0.717) is 5.92 Å². The van der Waals surface area contributed by atoms with E-state index >= 15 is 0 Å². The third-order valence-corrected chi connectivity index (χ3v) is 7.27. The summed E-state index contributed by atoms with van der Waals surface area (Å²) < 4.78 is 41.0. The number of benzene rings is 2. The molecule has 1 saturated carbocycles. The highest BCUT2D eigenvalue weighted by Gasteiger charge is 2.31. The van der Waals surface area contributed by atoms with E-state index in [2.05, 4.69) is 16.9 Å². The summed E-state index contributed by atoms with van der Waals surface area (Å²) in [6, 6.07) is 14.6. The third-order valence-electron chi connectivity index (χ3n) is 5.69. The van der Waals surface area contributed by atoms with E-state index in [1.165, 1.54) is 30.7 Å². The van der Waals surface area contributed by atoms with Crippen LogP contribution in [0.5, 0.6) is 0 Å². The summed E-state index contributed by atoms with van der Waals surface area (Å²) in [5.41, 5.74) is 1.32. The molecule has 29 heavy (non-hydrogen) atoms. The van der Waals surface area contributed by atoms with Crippen LogP contribution in [0.25, 0.3) is 0 Å². The second-order valence-corrected chi connectivity index (χ2v) is 9.32. The molecule has 5 nitrogen and oxygen atoms in total. The van der Waals surface area contributed by atoms with Crippen molar-refractivity contribution < 1.29 is 17.6 Å². The molecule has 1 aliphatic carbocycles. The van der Waals surface area contributed by atoms with Crippen LogP contribution in [-0.2, 0) is 14.8 Å². The van der Waals surface area contributed by atoms with Gasteiger partial charge in [0.2, 0.25) is 15.9 Å². The first-order valence-electron chi connectivity index (χ1n) is 9.88. The molecule has 0 saturated heterocycles. The standard InChI is InChI=1S/C22H27FN2O3S/c1-16(24-29(27,28)21-11-7-6-10-20(21)23)22(26)25(2)19-14-12-18(13-15-19)17-8-4-3-5-9-17/h3-11,16,18-19,24H,12-15H2,1-2H3/t16-,18?,19?/m0/s1. The summed E-state index contributed by atoms with van der Waals surface area (Å²) in [5, 5.41) is 0. The number of carbonyl (C=O) groups excluding carboxylic acids is 1. The van der Waals surface area contributed by atoms with Gasteiger partial charge >= 0.3 is 0 Å². The Bertz CT molecular complexity index is 942. The van der Waals surface area contributed by atoms with Crippen LogP contribution in [0, 0.1) is 5.82 Å². The van der Waals surface area contributed by atoms with Gasteiger partial charge in [0.25, 0.3) is 0 Å². The first-order valence-corrected chi connectivity index (χ1v) is 11.4. The molecule has 0 heterocycles. The van der Waals surface area contributed by atoms with Crippen LogP contribution in [-0.4, -0.2) is 38.4 Å². The van der Waals surface area contributed by atoms with Crippen LogP contribution < -0.4 is 4.72 Å². The van der Waals surface area contributed by atoms with Crippen molar-refractivity contribution in [3.8, 4) is 0 Å². The summed E-state index contributed by atoms with van der Waals surface area (Å²) in [6.07, 6.45) is 3.71. The zero-order valence-corrected chi connectivity index (χ0v) is 17.5. The smallest absolute Gasteiger partial charge is 0.244 e. The lowest BCUT2D eigenvalue weighted by Crippen LogP contribution is -2.49. The number of halogens is 1. The Morgan fingerprint density at radius 1 is 1.03 bits per heavy atom. The fourth-order valence-electron chi connectivity index (χ4n) is 4.02. The maximum Gasteiger partial charge on any atom is 0.244 e. The van der Waals surface area contributed by atoms with Crippen molar-refractivity contribution in [3.05, 3.63) is 66.0 Å². The monoisotopic (exact) mass is 418 g/mol. The maximum atomic E-state index is 13.8. The minimum absolute atomic E-state index is 0.0721. The fraction of sp³-hybridized carbons (Fsp3) is 0.409. The van der Waals surface area contributed by atoms with E-state index in [-0.39, 0.29) is 11.9 Å². The van der Waals surface area contributed by atoms with Crippen LogP contribution in [0.1, 0.15) is 44.1 Å². The second-order valence-electron chi connectivity index (χ2n) is 7.64. The molecule has 0 unspecified atom stereocenters. The van der Waals surface area contributed by atoms with Crippen molar-refractivity contribution in [2.45, 2.75) is 55.5 Å². The van der Waals surface area contributed by atoms with E-state index in [1.807, 2.05) is 18.2 Å². The van der Waals surface area contributed by atoms with Gasteiger partial charge in [-0.05, 0) is 56.2 Å². The Hall–Kier alpha value is -2.25. The van der Waals surface area contributed by atoms with E-state index in [9.17, 15) is 17.6 Å². The molecular weight excluding hydrogens is 391 g/mol. The van der Waals surface area contributed by atoms with Gasteiger partial charge in [-0.15, -0.1) is 0 Å². The summed E-state index contributed by atoms with van der Waals surface area (Å²) in [7, 11) is -2.40. The quantitative estimate of drug-likeness (QED) is 0.778. The van der Waals surface area contributed by atoms with Crippen molar-refractivity contribution in [2.24, 2.45) is 0 Å². The molecule has 1 amide bonds. The van der Waals surface area contributed by atoms with Crippen molar-refractivity contribution in [1.29, 1.82) is 0 Å². The number of rotatable bonds is 6. The average molecular weight is 419 g/mol. The highest BCUT2D eigenvalue weighted by Crippen LogP contribution is 2.34. The number of sulfonamides is 1. The lowest BCUT2D eigenvalue weighted by Gasteiger charge is -2.36. The zero-order chi connectivity index (χ0) is 21.0. The molecule has 1 N–H and O–H groups in total. The second kappa shape index (κ2) is 9.05. The normalized spacial score (nSPS) is 20.8. The predicted molar refractivity (Wildman–Crippen MR) is 110 cm³/mol. The molecule has 1 atom stereocenters. The van der Waals surface area contributed by atoms with Gasteiger partial charge in [0.15, 0.2) is 0 Å². The van der Waals surface area contributed by atoms with E-state index in [1.54, 1.807) is 11.9 Å². The van der Waals surface area contributed by atoms with Crippen molar-refractivity contribution in [1.82, 2.24) is 9.62 Å². The molecular formula is C22H27FN2O3S. The average Bonchev–Trinajstić information content (AvgIpc) is 2.73. The summed E-state index contributed by atoms with van der Waals surface area (Å²) in [4.78, 5) is 14.0. The Balaban J connectivity index is 1.59. The van der Waals surface area contributed by atoms with Gasteiger partial charge in [-0.25, -0.2) is 12.8 Å². The highest BCUT2D eigenvalue weighted by molar-refractivity contribution is 7.89. The van der Waals surface area contributed by atoms with Gasteiger partial charge in [-0.3, -0.25) is 4.79 Å². The Labute approximate surface area is 172 Å². The Kier molecular flexibility index (Phi) is 6.70. The highest BCUT2D eigenvalue weighted by atomic mass is 32.2. The van der Waals surface area contributed by atoms with Gasteiger partial charge in [-0.1, -0.05) is 42.5 Å². The summed E-state index contributed by atoms with van der Waals surface area (Å²) in [6.45, 7) is 1.49. The minimum atomic E-state index is -4.12. The molecule has 1 aliphatic rings. The molecule has 156 valence electrons. The van der Waals surface area contributed by atoms with Crippen LogP contribution in [0.15, 0.2) is 59.5 Å². The van der Waals surface area contributed by atoms with E-state index in [4.69, 9.17) is 0 Å². The molecule has 0 radical (unpaired) electrons. The van der Waals surface area contributed by atoms with Gasteiger partial charge in [0, 0.05) is 13.1 Å². The van der Waals surface area contributed by atoms with Crippen LogP contribution >= 0.6 is 0 Å². The molecule has 2 aromatic rings. The molecule has 0 bridgehead atoms. The Morgan fingerprint density at radius 3 is 2.24 bits per heavy atom. The lowest BCUT2D eigenvalue weighted by molar-refractivity contribution is -0.134.